The molecule has 5 heteroatoms. The second-order valence-corrected chi connectivity index (χ2v) is 6.23. The minimum Gasteiger partial charge on any atom is -0.244 e. The fraction of sp³-hybridized carbons (Fsp3) is 0.188. The van der Waals surface area contributed by atoms with E-state index >= 15 is 0 Å². The van der Waals surface area contributed by atoms with Crippen molar-refractivity contribution in [3.63, 3.8) is 0 Å². The molecule has 3 rings (SSSR count). The van der Waals surface area contributed by atoms with Gasteiger partial charge >= 0.3 is 0 Å². The highest BCUT2D eigenvalue weighted by molar-refractivity contribution is 9.10. The van der Waals surface area contributed by atoms with Crippen LogP contribution in [0.2, 0.25) is 5.15 Å². The van der Waals surface area contributed by atoms with Crippen LogP contribution >= 0.6 is 27.5 Å². The average molecular weight is 363 g/mol. The van der Waals surface area contributed by atoms with E-state index in [9.17, 15) is 0 Å². The third-order valence-electron chi connectivity index (χ3n) is 3.21. The molecule has 0 radical (unpaired) electrons. The monoisotopic (exact) mass is 361 g/mol. The summed E-state index contributed by atoms with van der Waals surface area (Å²) in [6.07, 6.45) is 0. The molecule has 2 aromatic heterocycles. The molecule has 0 amide bonds. The van der Waals surface area contributed by atoms with Gasteiger partial charge in [0.15, 0.2) is 5.82 Å². The van der Waals surface area contributed by atoms with E-state index in [2.05, 4.69) is 44.7 Å². The zero-order valence-electron chi connectivity index (χ0n) is 11.6. The van der Waals surface area contributed by atoms with Gasteiger partial charge in [0.05, 0.1) is 15.7 Å². The van der Waals surface area contributed by atoms with Gasteiger partial charge in [0.25, 0.3) is 0 Å². The number of hydrogen-bond acceptors (Lipinski definition) is 3. The summed E-state index contributed by atoms with van der Waals surface area (Å²) in [5.41, 5.74) is 2.54. The Labute approximate surface area is 136 Å². The van der Waals surface area contributed by atoms with E-state index in [1.54, 1.807) is 0 Å². The molecule has 106 valence electrons. The lowest BCUT2D eigenvalue weighted by atomic mass is 10.1. The summed E-state index contributed by atoms with van der Waals surface area (Å²) in [5.74, 6) is 0.803. The van der Waals surface area contributed by atoms with Crippen molar-refractivity contribution in [3.8, 4) is 11.5 Å². The maximum atomic E-state index is 6.21. The van der Waals surface area contributed by atoms with Crippen molar-refractivity contribution >= 4 is 38.4 Å². The van der Waals surface area contributed by atoms with Crippen molar-refractivity contribution in [3.05, 3.63) is 51.7 Å². The zero-order chi connectivity index (χ0) is 15.0. The minimum absolute atomic E-state index is 0.249. The number of para-hydroxylation sites is 1. The largest absolute Gasteiger partial charge is 0.244 e. The highest BCUT2D eigenvalue weighted by Crippen LogP contribution is 2.31. The Hall–Kier alpha value is -1.52. The summed E-state index contributed by atoms with van der Waals surface area (Å²) in [4.78, 5) is 13.6. The Bertz CT molecular complexity index is 818. The third kappa shape index (κ3) is 2.78. The lowest BCUT2D eigenvalue weighted by Gasteiger charge is -2.10. The predicted molar refractivity (Wildman–Crippen MR) is 89.6 cm³/mol. The van der Waals surface area contributed by atoms with Gasteiger partial charge in [-0.25, -0.2) is 15.0 Å². The van der Waals surface area contributed by atoms with Crippen molar-refractivity contribution in [2.45, 2.75) is 19.8 Å². The van der Waals surface area contributed by atoms with Gasteiger partial charge < -0.3 is 0 Å². The predicted octanol–water partition coefficient (Wildman–Crippen LogP) is 5.23. The van der Waals surface area contributed by atoms with Crippen LogP contribution in [0.25, 0.3) is 22.4 Å². The van der Waals surface area contributed by atoms with Crippen LogP contribution in [-0.4, -0.2) is 15.0 Å². The first kappa shape index (κ1) is 14.4. The maximum absolute atomic E-state index is 6.21. The van der Waals surface area contributed by atoms with E-state index in [0.29, 0.717) is 11.0 Å². The SMILES string of the molecule is CC(C)c1nc(-c2ccc3ccccc3n2)nc(Cl)c1Br. The van der Waals surface area contributed by atoms with Crippen LogP contribution in [0.1, 0.15) is 25.5 Å². The van der Waals surface area contributed by atoms with Crippen molar-refractivity contribution in [1.82, 2.24) is 15.0 Å². The molecule has 0 saturated heterocycles. The van der Waals surface area contributed by atoms with E-state index in [0.717, 1.165) is 26.8 Å². The van der Waals surface area contributed by atoms with Crippen LogP contribution in [0, 0.1) is 0 Å². The lowest BCUT2D eigenvalue weighted by molar-refractivity contribution is 0.808. The maximum Gasteiger partial charge on any atom is 0.179 e. The number of rotatable bonds is 2. The second-order valence-electron chi connectivity index (χ2n) is 5.08. The molecule has 3 aromatic rings. The number of benzene rings is 1. The van der Waals surface area contributed by atoms with Crippen LogP contribution < -0.4 is 0 Å². The van der Waals surface area contributed by atoms with Crippen LogP contribution in [0.15, 0.2) is 40.9 Å². The average Bonchev–Trinajstić information content (AvgIpc) is 2.49. The van der Waals surface area contributed by atoms with E-state index in [1.807, 2.05) is 36.4 Å². The van der Waals surface area contributed by atoms with E-state index in [1.165, 1.54) is 0 Å². The normalized spacial score (nSPS) is 11.3. The van der Waals surface area contributed by atoms with Gasteiger partial charge in [-0.2, -0.15) is 0 Å². The van der Waals surface area contributed by atoms with E-state index in [-0.39, 0.29) is 5.92 Å². The molecule has 1 aromatic carbocycles. The Kier molecular flexibility index (Phi) is 3.91. The molecule has 0 unspecified atom stereocenters. The van der Waals surface area contributed by atoms with Crippen LogP contribution in [0.3, 0.4) is 0 Å². The van der Waals surface area contributed by atoms with Gasteiger partial charge in [-0.15, -0.1) is 0 Å². The topological polar surface area (TPSA) is 38.7 Å². The molecular formula is C16H13BrClN3. The van der Waals surface area contributed by atoms with Gasteiger partial charge in [-0.3, -0.25) is 0 Å². The summed E-state index contributed by atoms with van der Waals surface area (Å²) in [6, 6.07) is 11.9. The zero-order valence-corrected chi connectivity index (χ0v) is 14.0. The van der Waals surface area contributed by atoms with Crippen LogP contribution in [0.4, 0.5) is 0 Å². The fourth-order valence-corrected chi connectivity index (χ4v) is 2.94. The summed E-state index contributed by atoms with van der Waals surface area (Å²) in [6.45, 7) is 4.14. The molecule has 0 saturated carbocycles. The number of fused-ring (bicyclic) bond motifs is 1. The molecule has 0 N–H and O–H groups in total. The standard InChI is InChI=1S/C16H13BrClN3/c1-9(2)14-13(17)15(18)21-16(20-14)12-8-7-10-5-3-4-6-11(10)19-12/h3-9H,1-2H3. The number of pyridine rings is 1. The minimum atomic E-state index is 0.249. The highest BCUT2D eigenvalue weighted by atomic mass is 79.9. The first-order valence-electron chi connectivity index (χ1n) is 6.65. The molecule has 2 heterocycles. The first-order chi connectivity index (χ1) is 10.1. The van der Waals surface area contributed by atoms with Gasteiger partial charge in [-0.1, -0.05) is 49.7 Å². The molecule has 0 aliphatic heterocycles. The first-order valence-corrected chi connectivity index (χ1v) is 7.82. The van der Waals surface area contributed by atoms with Gasteiger partial charge in [0.1, 0.15) is 10.8 Å². The molecule has 0 aliphatic carbocycles. The van der Waals surface area contributed by atoms with Crippen molar-refractivity contribution in [1.29, 1.82) is 0 Å². The number of nitrogens with zero attached hydrogens (tertiary/aromatic N) is 3. The molecule has 0 bridgehead atoms. The molecule has 0 aliphatic rings. The van der Waals surface area contributed by atoms with E-state index in [4.69, 9.17) is 11.6 Å². The lowest BCUT2D eigenvalue weighted by Crippen LogP contribution is -2.01. The molecule has 21 heavy (non-hydrogen) atoms. The fourth-order valence-electron chi connectivity index (χ4n) is 2.12. The van der Waals surface area contributed by atoms with Gasteiger partial charge in [0, 0.05) is 5.39 Å². The van der Waals surface area contributed by atoms with Crippen molar-refractivity contribution in [2.24, 2.45) is 0 Å². The number of hydrogen-bond donors (Lipinski definition) is 0. The molecule has 0 atom stereocenters. The molecule has 0 fully saturated rings. The second kappa shape index (κ2) is 5.70. The number of halogens is 2. The van der Waals surface area contributed by atoms with Gasteiger partial charge in [0.2, 0.25) is 0 Å². The summed E-state index contributed by atoms with van der Waals surface area (Å²) in [5, 5.41) is 1.51. The van der Waals surface area contributed by atoms with Crippen LogP contribution in [0.5, 0.6) is 0 Å². The van der Waals surface area contributed by atoms with Crippen molar-refractivity contribution in [2.75, 3.05) is 0 Å². The quantitative estimate of drug-likeness (QED) is 0.586. The Morgan fingerprint density at radius 2 is 1.76 bits per heavy atom. The van der Waals surface area contributed by atoms with Crippen LogP contribution in [-0.2, 0) is 0 Å². The Morgan fingerprint density at radius 1 is 1.00 bits per heavy atom. The molecule has 0 spiro atoms. The molecule has 3 nitrogen and oxygen atoms in total. The number of aromatic nitrogens is 3. The Balaban J connectivity index is 2.18. The van der Waals surface area contributed by atoms with Gasteiger partial charge in [-0.05, 0) is 34.0 Å². The Morgan fingerprint density at radius 3 is 2.52 bits per heavy atom. The summed E-state index contributed by atoms with van der Waals surface area (Å²) in [7, 11) is 0. The third-order valence-corrected chi connectivity index (χ3v) is 4.49. The van der Waals surface area contributed by atoms with Crippen molar-refractivity contribution < 1.29 is 0 Å². The summed E-state index contributed by atoms with van der Waals surface area (Å²) >= 11 is 9.66. The smallest absolute Gasteiger partial charge is 0.179 e. The highest BCUT2D eigenvalue weighted by Gasteiger charge is 2.15. The van der Waals surface area contributed by atoms with E-state index < -0.39 is 0 Å². The molecular weight excluding hydrogens is 350 g/mol. The summed E-state index contributed by atoms with van der Waals surface area (Å²) < 4.78 is 0.753.